The second-order valence-electron chi connectivity index (χ2n) is 4.46. The van der Waals surface area contributed by atoms with E-state index in [0.717, 1.165) is 11.0 Å². The van der Waals surface area contributed by atoms with E-state index in [9.17, 15) is 15.3 Å². The molecule has 0 unspecified atom stereocenters. The van der Waals surface area contributed by atoms with Crippen LogP contribution in [0.15, 0.2) is 30.5 Å². The lowest BCUT2D eigenvalue weighted by Gasteiger charge is -2.28. The summed E-state index contributed by atoms with van der Waals surface area (Å²) in [5, 5.41) is 30.5. The van der Waals surface area contributed by atoms with Gasteiger partial charge in [0.25, 0.3) is 0 Å². The molecule has 0 aliphatic carbocycles. The summed E-state index contributed by atoms with van der Waals surface area (Å²) in [6.07, 6.45) is 1.63. The molecule has 1 aromatic carbocycles. The Bertz CT molecular complexity index is 535. The maximum absolute atomic E-state index is 9.21. The molecule has 0 fully saturated rings. The number of benzene rings is 1. The predicted octanol–water partition coefficient (Wildman–Crippen LogP) is -0.565. The minimum absolute atomic E-state index is 0.305. The number of aliphatic hydroxyl groups excluding tert-OH is 3. The van der Waals surface area contributed by atoms with Crippen LogP contribution in [0.5, 0.6) is 0 Å². The van der Waals surface area contributed by atoms with Gasteiger partial charge in [-0.05, 0) is 12.1 Å². The Balaban J connectivity index is 2.13. The van der Waals surface area contributed by atoms with E-state index in [1.165, 1.54) is 0 Å². The van der Waals surface area contributed by atoms with Crippen molar-refractivity contribution in [3.8, 4) is 0 Å². The number of rotatable bonds is 6. The number of para-hydroxylation sites is 2. The average Bonchev–Trinajstić information content (AvgIpc) is 2.49. The van der Waals surface area contributed by atoms with Gasteiger partial charge >= 0.3 is 0 Å². The van der Waals surface area contributed by atoms with E-state index in [0.29, 0.717) is 12.2 Å². The van der Waals surface area contributed by atoms with Crippen molar-refractivity contribution in [3.63, 3.8) is 0 Å². The van der Waals surface area contributed by atoms with Crippen LogP contribution in [-0.4, -0.2) is 50.6 Å². The maximum Gasteiger partial charge on any atom is 0.0890 e. The molecule has 0 atom stereocenters. The minimum Gasteiger partial charge on any atom is -0.394 e. The van der Waals surface area contributed by atoms with Gasteiger partial charge in [-0.3, -0.25) is 10.3 Å². The fourth-order valence-electron chi connectivity index (χ4n) is 1.68. The minimum atomic E-state index is -1.10. The molecule has 0 saturated carbocycles. The lowest BCUT2D eigenvalue weighted by molar-refractivity contribution is 0.0411. The molecule has 0 aliphatic heterocycles. The topological polar surface area (TPSA) is 98.5 Å². The highest BCUT2D eigenvalue weighted by Gasteiger charge is 2.27. The smallest absolute Gasteiger partial charge is 0.0890 e. The van der Waals surface area contributed by atoms with Crippen LogP contribution in [-0.2, 0) is 6.54 Å². The number of hydrogen-bond acceptors (Lipinski definition) is 6. The zero-order chi connectivity index (χ0) is 13.7. The largest absolute Gasteiger partial charge is 0.394 e. The van der Waals surface area contributed by atoms with E-state index < -0.39 is 5.54 Å². The number of aromatic nitrogens is 2. The van der Waals surface area contributed by atoms with Crippen LogP contribution in [0.1, 0.15) is 5.69 Å². The lowest BCUT2D eigenvalue weighted by Crippen LogP contribution is -2.54. The van der Waals surface area contributed by atoms with Crippen molar-refractivity contribution in [2.75, 3.05) is 19.8 Å². The number of fused-ring (bicyclic) bond motifs is 1. The molecule has 0 spiro atoms. The molecule has 1 heterocycles. The summed E-state index contributed by atoms with van der Waals surface area (Å²) >= 11 is 0. The van der Waals surface area contributed by atoms with Crippen molar-refractivity contribution in [2.24, 2.45) is 0 Å². The first-order valence-electron chi connectivity index (χ1n) is 6.01. The standard InChI is InChI=1S/C13H17N3O3/c17-7-13(8-18,9-19)15-6-10-5-14-11-3-1-2-4-12(11)16-10/h1-5,15,17-19H,6-9H2. The summed E-state index contributed by atoms with van der Waals surface area (Å²) < 4.78 is 0. The van der Waals surface area contributed by atoms with Crippen molar-refractivity contribution in [1.82, 2.24) is 15.3 Å². The fourth-order valence-corrected chi connectivity index (χ4v) is 1.68. The van der Waals surface area contributed by atoms with Gasteiger partial charge in [0.05, 0.1) is 48.3 Å². The molecule has 4 N–H and O–H groups in total. The molecule has 0 radical (unpaired) electrons. The number of hydrogen-bond donors (Lipinski definition) is 4. The van der Waals surface area contributed by atoms with Gasteiger partial charge < -0.3 is 15.3 Å². The summed E-state index contributed by atoms with van der Waals surface area (Å²) in [6, 6.07) is 7.51. The molecule has 0 saturated heterocycles. The van der Waals surface area contributed by atoms with E-state index in [4.69, 9.17) is 0 Å². The SMILES string of the molecule is OCC(CO)(CO)NCc1cnc2ccccc2n1. The van der Waals surface area contributed by atoms with Gasteiger partial charge in [0.1, 0.15) is 0 Å². The highest BCUT2D eigenvalue weighted by Crippen LogP contribution is 2.09. The summed E-state index contributed by atoms with van der Waals surface area (Å²) in [4.78, 5) is 8.68. The molecule has 6 nitrogen and oxygen atoms in total. The molecule has 1 aromatic heterocycles. The van der Waals surface area contributed by atoms with E-state index in [-0.39, 0.29) is 19.8 Å². The van der Waals surface area contributed by atoms with Gasteiger partial charge in [-0.1, -0.05) is 12.1 Å². The van der Waals surface area contributed by atoms with E-state index in [1.54, 1.807) is 6.20 Å². The molecule has 2 aromatic rings. The van der Waals surface area contributed by atoms with Gasteiger partial charge in [-0.2, -0.15) is 0 Å². The van der Waals surface area contributed by atoms with Crippen LogP contribution >= 0.6 is 0 Å². The maximum atomic E-state index is 9.21. The van der Waals surface area contributed by atoms with Crippen molar-refractivity contribution in [2.45, 2.75) is 12.1 Å². The predicted molar refractivity (Wildman–Crippen MR) is 70.4 cm³/mol. The van der Waals surface area contributed by atoms with Crippen LogP contribution in [0, 0.1) is 0 Å². The van der Waals surface area contributed by atoms with Crippen molar-refractivity contribution < 1.29 is 15.3 Å². The first-order valence-corrected chi connectivity index (χ1v) is 6.01. The summed E-state index contributed by atoms with van der Waals surface area (Å²) in [5.41, 5.74) is 1.17. The van der Waals surface area contributed by atoms with Crippen LogP contribution in [0.2, 0.25) is 0 Å². The molecule has 0 amide bonds. The third-order valence-corrected chi connectivity index (χ3v) is 3.05. The molecule has 0 aliphatic rings. The van der Waals surface area contributed by atoms with Gasteiger partial charge in [0.2, 0.25) is 0 Å². The number of aliphatic hydroxyl groups is 3. The van der Waals surface area contributed by atoms with Crippen LogP contribution in [0.4, 0.5) is 0 Å². The Kier molecular flexibility index (Phi) is 4.39. The molecule has 6 heteroatoms. The van der Waals surface area contributed by atoms with Crippen LogP contribution in [0.25, 0.3) is 11.0 Å². The van der Waals surface area contributed by atoms with Gasteiger partial charge in [-0.15, -0.1) is 0 Å². The van der Waals surface area contributed by atoms with Crippen LogP contribution in [0.3, 0.4) is 0 Å². The molecule has 19 heavy (non-hydrogen) atoms. The normalized spacial score (nSPS) is 11.9. The highest BCUT2D eigenvalue weighted by molar-refractivity contribution is 5.73. The van der Waals surface area contributed by atoms with Crippen LogP contribution < -0.4 is 5.32 Å². The Morgan fingerprint density at radius 3 is 2.26 bits per heavy atom. The summed E-state index contributed by atoms with van der Waals surface area (Å²) in [5.74, 6) is 0. The van der Waals surface area contributed by atoms with Crippen molar-refractivity contribution in [1.29, 1.82) is 0 Å². The van der Waals surface area contributed by atoms with Crippen molar-refractivity contribution in [3.05, 3.63) is 36.2 Å². The van der Waals surface area contributed by atoms with E-state index in [2.05, 4.69) is 15.3 Å². The van der Waals surface area contributed by atoms with E-state index >= 15 is 0 Å². The van der Waals surface area contributed by atoms with Gasteiger partial charge in [-0.25, -0.2) is 4.98 Å². The Labute approximate surface area is 110 Å². The Morgan fingerprint density at radius 2 is 1.63 bits per heavy atom. The zero-order valence-electron chi connectivity index (χ0n) is 10.5. The third kappa shape index (κ3) is 3.05. The van der Waals surface area contributed by atoms with E-state index in [1.807, 2.05) is 24.3 Å². The Morgan fingerprint density at radius 1 is 1.00 bits per heavy atom. The second-order valence-corrected chi connectivity index (χ2v) is 4.46. The average molecular weight is 263 g/mol. The van der Waals surface area contributed by atoms with Gasteiger partial charge in [0.15, 0.2) is 0 Å². The lowest BCUT2D eigenvalue weighted by atomic mass is 10.0. The molecule has 0 bridgehead atoms. The monoisotopic (exact) mass is 263 g/mol. The Hall–Kier alpha value is -1.60. The van der Waals surface area contributed by atoms with Gasteiger partial charge in [0, 0.05) is 6.54 Å². The number of nitrogens with one attached hydrogen (secondary N) is 1. The molecular weight excluding hydrogens is 246 g/mol. The second kappa shape index (κ2) is 6.03. The molecular formula is C13H17N3O3. The first-order chi connectivity index (χ1) is 9.23. The zero-order valence-corrected chi connectivity index (χ0v) is 10.5. The number of nitrogens with zero attached hydrogens (tertiary/aromatic N) is 2. The first kappa shape index (κ1) is 13.8. The molecule has 102 valence electrons. The summed E-state index contributed by atoms with van der Waals surface area (Å²) in [7, 11) is 0. The fraction of sp³-hybridized carbons (Fsp3) is 0.385. The quantitative estimate of drug-likeness (QED) is 0.557. The van der Waals surface area contributed by atoms with Crippen molar-refractivity contribution >= 4 is 11.0 Å². The highest BCUT2D eigenvalue weighted by atomic mass is 16.3. The molecule has 2 rings (SSSR count). The summed E-state index contributed by atoms with van der Waals surface area (Å²) in [6.45, 7) is -0.775. The third-order valence-electron chi connectivity index (χ3n) is 3.05.